The van der Waals surface area contributed by atoms with Crippen molar-refractivity contribution in [3.05, 3.63) is 23.8 Å². The largest absolute Gasteiger partial charge is 0.508 e. The first-order chi connectivity index (χ1) is 11.7. The van der Waals surface area contributed by atoms with Gasteiger partial charge in [0.15, 0.2) is 0 Å². The molecule has 3 rings (SSSR count). The van der Waals surface area contributed by atoms with Crippen molar-refractivity contribution in [2.75, 3.05) is 26.7 Å². The molecule has 2 fully saturated rings. The molecule has 5 nitrogen and oxygen atoms in total. The molecule has 1 saturated carbocycles. The Hall–Kier alpha value is -1.75. The van der Waals surface area contributed by atoms with Gasteiger partial charge >= 0.3 is 0 Å². The molecule has 1 saturated heterocycles. The zero-order valence-corrected chi connectivity index (χ0v) is 14.5. The number of nitrogens with zero attached hydrogens (tertiary/aromatic N) is 1. The van der Waals surface area contributed by atoms with Gasteiger partial charge in [-0.2, -0.15) is 0 Å². The van der Waals surface area contributed by atoms with Gasteiger partial charge in [0.1, 0.15) is 11.5 Å². The third kappa shape index (κ3) is 4.20. The van der Waals surface area contributed by atoms with Crippen LogP contribution in [-0.2, 0) is 11.3 Å². The Morgan fingerprint density at radius 1 is 1.33 bits per heavy atom. The lowest BCUT2D eigenvalue weighted by atomic mass is 9.84. The Balaban J connectivity index is 1.51. The van der Waals surface area contributed by atoms with Gasteiger partial charge in [-0.3, -0.25) is 9.69 Å². The lowest BCUT2D eigenvalue weighted by molar-refractivity contribution is -0.127. The van der Waals surface area contributed by atoms with Gasteiger partial charge in [-0.25, -0.2) is 0 Å². The summed E-state index contributed by atoms with van der Waals surface area (Å²) in [4.78, 5) is 14.4. The number of aromatic hydroxyl groups is 1. The standard InChI is InChI=1S/C19H28N2O3/c1-24-18-8-7-17(22)10-16(18)13-21-9-3-4-14(12-21)11-20-19(23)15-5-2-6-15/h7-8,10,14-15,22H,2-6,9,11-13H2,1H3,(H,20,23)/t14-/m1/s1. The zero-order chi connectivity index (χ0) is 16.9. The van der Waals surface area contributed by atoms with Crippen molar-refractivity contribution in [1.29, 1.82) is 0 Å². The van der Waals surface area contributed by atoms with Gasteiger partial charge in [-0.1, -0.05) is 6.42 Å². The van der Waals surface area contributed by atoms with Crippen LogP contribution in [-0.4, -0.2) is 42.7 Å². The normalized spacial score (nSPS) is 22.0. The molecular weight excluding hydrogens is 304 g/mol. The molecule has 0 unspecified atom stereocenters. The van der Waals surface area contributed by atoms with E-state index in [2.05, 4.69) is 10.2 Å². The van der Waals surface area contributed by atoms with Crippen LogP contribution in [0.15, 0.2) is 18.2 Å². The van der Waals surface area contributed by atoms with Crippen LogP contribution in [0, 0.1) is 11.8 Å². The summed E-state index contributed by atoms with van der Waals surface area (Å²) in [5, 5.41) is 12.9. The van der Waals surface area contributed by atoms with Crippen molar-refractivity contribution in [1.82, 2.24) is 10.2 Å². The highest BCUT2D eigenvalue weighted by atomic mass is 16.5. The van der Waals surface area contributed by atoms with Gasteiger partial charge in [-0.15, -0.1) is 0 Å². The number of rotatable bonds is 6. The van der Waals surface area contributed by atoms with Gasteiger partial charge in [0.2, 0.25) is 5.91 Å². The number of hydrogen-bond acceptors (Lipinski definition) is 4. The highest BCUT2D eigenvalue weighted by molar-refractivity contribution is 5.79. The molecule has 2 N–H and O–H groups in total. The van der Waals surface area contributed by atoms with Gasteiger partial charge in [0, 0.05) is 31.1 Å². The van der Waals surface area contributed by atoms with Crippen LogP contribution >= 0.6 is 0 Å². The number of carbonyl (C=O) groups excluding carboxylic acids is 1. The van der Waals surface area contributed by atoms with E-state index in [1.165, 1.54) is 12.8 Å². The number of amides is 1. The molecule has 1 aromatic rings. The summed E-state index contributed by atoms with van der Waals surface area (Å²) < 4.78 is 5.40. The first-order valence-electron chi connectivity index (χ1n) is 9.01. The van der Waals surface area contributed by atoms with E-state index in [1.54, 1.807) is 19.2 Å². The molecule has 1 aliphatic heterocycles. The Morgan fingerprint density at radius 2 is 2.17 bits per heavy atom. The van der Waals surface area contributed by atoms with Crippen molar-refractivity contribution in [3.8, 4) is 11.5 Å². The van der Waals surface area contributed by atoms with Gasteiger partial charge in [0.05, 0.1) is 7.11 Å². The van der Waals surface area contributed by atoms with Gasteiger partial charge < -0.3 is 15.2 Å². The molecule has 0 spiro atoms. The van der Waals surface area contributed by atoms with Crippen molar-refractivity contribution in [3.63, 3.8) is 0 Å². The highest BCUT2D eigenvalue weighted by Crippen LogP contribution is 2.28. The maximum Gasteiger partial charge on any atom is 0.223 e. The molecule has 0 aromatic heterocycles. The fourth-order valence-corrected chi connectivity index (χ4v) is 3.65. The van der Waals surface area contributed by atoms with Crippen LogP contribution < -0.4 is 10.1 Å². The van der Waals surface area contributed by atoms with E-state index >= 15 is 0 Å². The second kappa shape index (κ2) is 7.88. The number of carbonyl (C=O) groups is 1. The van der Waals surface area contributed by atoms with E-state index in [9.17, 15) is 9.90 Å². The summed E-state index contributed by atoms with van der Waals surface area (Å²) in [5.74, 6) is 2.10. The second-order valence-electron chi connectivity index (χ2n) is 7.11. The van der Waals surface area contributed by atoms with E-state index in [-0.39, 0.29) is 17.6 Å². The molecule has 1 aliphatic carbocycles. The number of benzene rings is 1. The number of hydrogen-bond donors (Lipinski definition) is 2. The minimum absolute atomic E-state index is 0.244. The molecule has 132 valence electrons. The Bertz CT molecular complexity index is 572. The van der Waals surface area contributed by atoms with Crippen molar-refractivity contribution >= 4 is 5.91 Å². The summed E-state index contributed by atoms with van der Waals surface area (Å²) in [6.07, 6.45) is 5.62. The molecule has 0 bridgehead atoms. The first-order valence-corrected chi connectivity index (χ1v) is 9.01. The number of phenols is 1. The van der Waals surface area contributed by atoms with Crippen LogP contribution in [0.1, 0.15) is 37.7 Å². The monoisotopic (exact) mass is 332 g/mol. The predicted octanol–water partition coefficient (Wildman–Crippen LogP) is 2.53. The molecular formula is C19H28N2O3. The van der Waals surface area contributed by atoms with Crippen molar-refractivity contribution in [2.45, 2.75) is 38.6 Å². The Morgan fingerprint density at radius 3 is 2.88 bits per heavy atom. The average molecular weight is 332 g/mol. The molecule has 2 aliphatic rings. The third-order valence-electron chi connectivity index (χ3n) is 5.30. The van der Waals surface area contributed by atoms with Crippen molar-refractivity contribution < 1.29 is 14.6 Å². The van der Waals surface area contributed by atoms with Gasteiger partial charge in [-0.05, 0) is 56.3 Å². The lowest BCUT2D eigenvalue weighted by Crippen LogP contribution is -2.42. The van der Waals surface area contributed by atoms with Gasteiger partial charge in [0.25, 0.3) is 0 Å². The van der Waals surface area contributed by atoms with E-state index in [0.717, 1.165) is 56.8 Å². The van der Waals surface area contributed by atoms with Crippen LogP contribution in [0.2, 0.25) is 0 Å². The molecule has 1 amide bonds. The maximum absolute atomic E-state index is 12.0. The second-order valence-corrected chi connectivity index (χ2v) is 7.11. The molecule has 1 aromatic carbocycles. The number of nitrogens with one attached hydrogen (secondary N) is 1. The molecule has 24 heavy (non-hydrogen) atoms. The number of methoxy groups -OCH3 is 1. The van der Waals surface area contributed by atoms with E-state index in [0.29, 0.717) is 5.92 Å². The number of piperidine rings is 1. The molecule has 1 heterocycles. The summed E-state index contributed by atoms with van der Waals surface area (Å²) in [6.45, 7) is 3.57. The van der Waals surface area contributed by atoms with E-state index in [1.807, 2.05) is 6.07 Å². The fraction of sp³-hybridized carbons (Fsp3) is 0.632. The van der Waals surface area contributed by atoms with E-state index in [4.69, 9.17) is 4.74 Å². The number of ether oxygens (including phenoxy) is 1. The first kappa shape index (κ1) is 17.1. The third-order valence-corrected chi connectivity index (χ3v) is 5.30. The minimum Gasteiger partial charge on any atom is -0.508 e. The molecule has 5 heteroatoms. The predicted molar refractivity (Wildman–Crippen MR) is 93.0 cm³/mol. The fourth-order valence-electron chi connectivity index (χ4n) is 3.65. The van der Waals surface area contributed by atoms with Crippen LogP contribution in [0.4, 0.5) is 0 Å². The quantitative estimate of drug-likeness (QED) is 0.840. The van der Waals surface area contributed by atoms with E-state index < -0.39 is 0 Å². The summed E-state index contributed by atoms with van der Waals surface area (Å²) in [5.41, 5.74) is 1.01. The van der Waals surface area contributed by atoms with Crippen LogP contribution in [0.25, 0.3) is 0 Å². The maximum atomic E-state index is 12.0. The smallest absolute Gasteiger partial charge is 0.223 e. The topological polar surface area (TPSA) is 61.8 Å². The summed E-state index contributed by atoms with van der Waals surface area (Å²) in [6, 6.07) is 5.24. The SMILES string of the molecule is COc1ccc(O)cc1CN1CCC[C@H](CNC(=O)C2CCC2)C1. The van der Waals surface area contributed by atoms with Crippen LogP contribution in [0.5, 0.6) is 11.5 Å². The lowest BCUT2D eigenvalue weighted by Gasteiger charge is -2.33. The van der Waals surface area contributed by atoms with Crippen LogP contribution in [0.3, 0.4) is 0 Å². The number of phenolic OH excluding ortho intramolecular Hbond substituents is 1. The average Bonchev–Trinajstić information content (AvgIpc) is 2.52. The highest BCUT2D eigenvalue weighted by Gasteiger charge is 2.26. The molecule has 0 radical (unpaired) electrons. The minimum atomic E-state index is 0.244. The Labute approximate surface area is 144 Å². The number of likely N-dealkylation sites (tertiary alicyclic amines) is 1. The summed E-state index contributed by atoms with van der Waals surface area (Å²) >= 11 is 0. The van der Waals surface area contributed by atoms with Crippen molar-refractivity contribution in [2.24, 2.45) is 11.8 Å². The Kier molecular flexibility index (Phi) is 5.61. The summed E-state index contributed by atoms with van der Waals surface area (Å²) in [7, 11) is 1.66. The zero-order valence-electron chi connectivity index (χ0n) is 14.5. The molecule has 1 atom stereocenters.